The third-order valence-corrected chi connectivity index (χ3v) is 9.80. The Labute approximate surface area is 295 Å². The standard InChI is InChI=1S/C47H31N3O/c1-4-14-32(15-5-1)33-24-26-36(27-25-33)49(35-18-8-3-9-19-35)37-28-30-38(31-29-37)50-42-23-13-12-22-41(42)43-39-20-10-11-21-40(39)46-44(45(43)50)48-47(51-46)34-16-6-2-7-17-34/h1-31H. The van der Waals surface area contributed by atoms with Crippen LogP contribution in [0.25, 0.3) is 71.9 Å². The summed E-state index contributed by atoms with van der Waals surface area (Å²) >= 11 is 0. The van der Waals surface area contributed by atoms with Crippen LogP contribution in [-0.2, 0) is 0 Å². The zero-order valence-corrected chi connectivity index (χ0v) is 27.6. The molecule has 0 aliphatic rings. The normalized spacial score (nSPS) is 11.5. The number of benzene rings is 8. The van der Waals surface area contributed by atoms with E-state index in [0.29, 0.717) is 5.89 Å². The van der Waals surface area contributed by atoms with Gasteiger partial charge in [0.25, 0.3) is 0 Å². The maximum atomic E-state index is 6.62. The fraction of sp³-hybridized carbons (Fsp3) is 0. The average Bonchev–Trinajstić information content (AvgIpc) is 3.81. The van der Waals surface area contributed by atoms with Crippen molar-refractivity contribution in [2.24, 2.45) is 0 Å². The van der Waals surface area contributed by atoms with Crippen LogP contribution >= 0.6 is 0 Å². The lowest BCUT2D eigenvalue weighted by Gasteiger charge is -2.26. The highest BCUT2D eigenvalue weighted by Gasteiger charge is 2.23. The fourth-order valence-electron chi connectivity index (χ4n) is 7.48. The molecule has 240 valence electrons. The van der Waals surface area contributed by atoms with E-state index in [1.54, 1.807) is 0 Å². The van der Waals surface area contributed by atoms with E-state index in [-0.39, 0.29) is 0 Å². The summed E-state index contributed by atoms with van der Waals surface area (Å²) in [4.78, 5) is 7.51. The molecule has 10 rings (SSSR count). The summed E-state index contributed by atoms with van der Waals surface area (Å²) in [5, 5.41) is 4.57. The van der Waals surface area contributed by atoms with Crippen LogP contribution in [0.15, 0.2) is 192 Å². The van der Waals surface area contributed by atoms with Crippen molar-refractivity contribution < 1.29 is 4.42 Å². The van der Waals surface area contributed by atoms with Crippen molar-refractivity contribution in [1.29, 1.82) is 0 Å². The Kier molecular flexibility index (Phi) is 6.78. The Hall–Kier alpha value is -6.91. The van der Waals surface area contributed by atoms with Crippen molar-refractivity contribution >= 4 is 60.7 Å². The minimum Gasteiger partial charge on any atom is -0.435 e. The van der Waals surface area contributed by atoms with Crippen molar-refractivity contribution in [3.63, 3.8) is 0 Å². The number of oxazole rings is 1. The van der Waals surface area contributed by atoms with E-state index in [0.717, 1.165) is 61.2 Å². The summed E-state index contributed by atoms with van der Waals surface area (Å²) in [5.41, 5.74) is 11.5. The smallest absolute Gasteiger partial charge is 0.227 e. The van der Waals surface area contributed by atoms with Gasteiger partial charge in [-0.2, -0.15) is 0 Å². The summed E-state index contributed by atoms with van der Waals surface area (Å²) in [6, 6.07) is 66.0. The highest BCUT2D eigenvalue weighted by Crippen LogP contribution is 2.44. The van der Waals surface area contributed by atoms with Crippen LogP contribution in [0, 0.1) is 0 Å². The van der Waals surface area contributed by atoms with Crippen LogP contribution in [0.4, 0.5) is 17.1 Å². The van der Waals surface area contributed by atoms with E-state index in [4.69, 9.17) is 9.40 Å². The summed E-state index contributed by atoms with van der Waals surface area (Å²) in [6.45, 7) is 0. The van der Waals surface area contributed by atoms with E-state index < -0.39 is 0 Å². The molecule has 0 spiro atoms. The number of para-hydroxylation sites is 2. The van der Waals surface area contributed by atoms with E-state index in [2.05, 4.69) is 167 Å². The van der Waals surface area contributed by atoms with Gasteiger partial charge in [0, 0.05) is 44.5 Å². The van der Waals surface area contributed by atoms with Crippen LogP contribution in [0.5, 0.6) is 0 Å². The monoisotopic (exact) mass is 653 g/mol. The minimum atomic E-state index is 0.618. The van der Waals surface area contributed by atoms with Gasteiger partial charge >= 0.3 is 0 Å². The molecular formula is C47H31N3O. The van der Waals surface area contributed by atoms with Gasteiger partial charge in [-0.05, 0) is 83.2 Å². The molecule has 2 heterocycles. The predicted molar refractivity (Wildman–Crippen MR) is 211 cm³/mol. The summed E-state index contributed by atoms with van der Waals surface area (Å²) in [7, 11) is 0. The van der Waals surface area contributed by atoms with Crippen LogP contribution in [0.2, 0.25) is 0 Å². The van der Waals surface area contributed by atoms with Crippen LogP contribution in [0.3, 0.4) is 0 Å². The molecule has 0 amide bonds. The zero-order valence-electron chi connectivity index (χ0n) is 27.6. The van der Waals surface area contributed by atoms with Crippen molar-refractivity contribution in [1.82, 2.24) is 9.55 Å². The Morgan fingerprint density at radius 1 is 0.431 bits per heavy atom. The first-order valence-corrected chi connectivity index (χ1v) is 17.2. The van der Waals surface area contributed by atoms with Crippen molar-refractivity contribution in [2.45, 2.75) is 0 Å². The second-order valence-corrected chi connectivity index (χ2v) is 12.8. The minimum absolute atomic E-state index is 0.618. The number of aromatic nitrogens is 2. The third kappa shape index (κ3) is 4.80. The first-order chi connectivity index (χ1) is 25.3. The molecule has 0 aliphatic heterocycles. The van der Waals surface area contributed by atoms with Gasteiger partial charge in [0.15, 0.2) is 5.58 Å². The quantitative estimate of drug-likeness (QED) is 0.179. The average molecular weight is 654 g/mol. The molecular weight excluding hydrogens is 623 g/mol. The molecule has 8 aromatic carbocycles. The maximum Gasteiger partial charge on any atom is 0.227 e. The molecule has 4 heteroatoms. The van der Waals surface area contributed by atoms with Crippen LogP contribution in [0.1, 0.15) is 0 Å². The molecule has 0 fully saturated rings. The second-order valence-electron chi connectivity index (χ2n) is 12.8. The number of anilines is 3. The lowest BCUT2D eigenvalue weighted by Crippen LogP contribution is -2.10. The molecule has 0 N–H and O–H groups in total. The van der Waals surface area contributed by atoms with Gasteiger partial charge in [-0.25, -0.2) is 4.98 Å². The molecule has 10 aromatic rings. The lowest BCUT2D eigenvalue weighted by molar-refractivity contribution is 0.623. The van der Waals surface area contributed by atoms with E-state index in [1.807, 2.05) is 30.3 Å². The van der Waals surface area contributed by atoms with Gasteiger partial charge in [0.2, 0.25) is 5.89 Å². The summed E-state index contributed by atoms with van der Waals surface area (Å²) < 4.78 is 8.97. The topological polar surface area (TPSA) is 34.2 Å². The second kappa shape index (κ2) is 11.9. The zero-order chi connectivity index (χ0) is 33.7. The molecule has 0 aliphatic carbocycles. The number of rotatable bonds is 6. The SMILES string of the molecule is c1ccc(-c2ccc(N(c3ccccc3)c3ccc(-n4c5ccccc5c5c6ccccc6c6oc(-c7ccccc7)nc6c54)cc3)cc2)cc1. The van der Waals surface area contributed by atoms with Crippen molar-refractivity contribution in [3.8, 4) is 28.3 Å². The number of nitrogens with zero attached hydrogens (tertiary/aromatic N) is 3. The van der Waals surface area contributed by atoms with Crippen LogP contribution in [-0.4, -0.2) is 9.55 Å². The first kappa shape index (κ1) is 29.0. The Morgan fingerprint density at radius 2 is 0.941 bits per heavy atom. The summed E-state index contributed by atoms with van der Waals surface area (Å²) in [6.07, 6.45) is 0. The van der Waals surface area contributed by atoms with Gasteiger partial charge in [0.05, 0.1) is 11.0 Å². The molecule has 0 saturated carbocycles. The fourth-order valence-corrected chi connectivity index (χ4v) is 7.48. The number of fused-ring (bicyclic) bond motifs is 8. The van der Waals surface area contributed by atoms with Gasteiger partial charge in [-0.3, -0.25) is 0 Å². The van der Waals surface area contributed by atoms with E-state index >= 15 is 0 Å². The Bertz CT molecular complexity index is 2820. The Morgan fingerprint density at radius 3 is 1.63 bits per heavy atom. The number of hydrogen-bond acceptors (Lipinski definition) is 3. The highest BCUT2D eigenvalue weighted by atomic mass is 16.3. The van der Waals surface area contributed by atoms with Crippen LogP contribution < -0.4 is 4.90 Å². The molecule has 0 bridgehead atoms. The largest absolute Gasteiger partial charge is 0.435 e. The molecule has 0 unspecified atom stereocenters. The molecule has 51 heavy (non-hydrogen) atoms. The molecule has 0 saturated heterocycles. The molecule has 0 radical (unpaired) electrons. The Balaban J connectivity index is 1.17. The molecule has 4 nitrogen and oxygen atoms in total. The predicted octanol–water partition coefficient (Wildman–Crippen LogP) is 12.9. The van der Waals surface area contributed by atoms with Gasteiger partial charge in [-0.15, -0.1) is 0 Å². The molecule has 0 atom stereocenters. The van der Waals surface area contributed by atoms with Crippen molar-refractivity contribution in [3.05, 3.63) is 188 Å². The van der Waals surface area contributed by atoms with Gasteiger partial charge < -0.3 is 13.9 Å². The van der Waals surface area contributed by atoms with E-state index in [1.165, 1.54) is 21.9 Å². The van der Waals surface area contributed by atoms with Crippen molar-refractivity contribution in [2.75, 3.05) is 4.90 Å². The number of hydrogen-bond donors (Lipinski definition) is 0. The summed E-state index contributed by atoms with van der Waals surface area (Å²) in [5.74, 6) is 0.618. The highest BCUT2D eigenvalue weighted by molar-refractivity contribution is 6.30. The maximum absolute atomic E-state index is 6.62. The lowest BCUT2D eigenvalue weighted by atomic mass is 10.0. The van der Waals surface area contributed by atoms with Gasteiger partial charge in [-0.1, -0.05) is 121 Å². The molecule has 2 aromatic heterocycles. The van der Waals surface area contributed by atoms with Gasteiger partial charge in [0.1, 0.15) is 5.52 Å². The van der Waals surface area contributed by atoms with E-state index in [9.17, 15) is 0 Å². The third-order valence-electron chi connectivity index (χ3n) is 9.80. The first-order valence-electron chi connectivity index (χ1n) is 17.2.